The number of ether oxygens (including phenoxy) is 1. The molecule has 0 aromatic heterocycles. The fourth-order valence-electron chi connectivity index (χ4n) is 2.50. The number of benzene rings is 1. The molecule has 6 heteroatoms. The number of nitro groups is 1. The summed E-state index contributed by atoms with van der Waals surface area (Å²) < 4.78 is 5.35. The van der Waals surface area contributed by atoms with E-state index in [2.05, 4.69) is 5.32 Å². The number of hydrogen-bond donors (Lipinski definition) is 1. The van der Waals surface area contributed by atoms with Gasteiger partial charge < -0.3 is 10.1 Å². The molecule has 0 unspecified atom stereocenters. The molecule has 1 saturated carbocycles. The van der Waals surface area contributed by atoms with Crippen molar-refractivity contribution in [2.75, 3.05) is 6.61 Å². The number of rotatable bonds is 5. The van der Waals surface area contributed by atoms with E-state index in [0.717, 1.165) is 25.7 Å². The summed E-state index contributed by atoms with van der Waals surface area (Å²) in [6.45, 7) is 2.13. The van der Waals surface area contributed by atoms with Crippen LogP contribution in [0.3, 0.4) is 0 Å². The van der Waals surface area contributed by atoms with E-state index >= 15 is 0 Å². The van der Waals surface area contributed by atoms with E-state index in [-0.39, 0.29) is 23.0 Å². The summed E-state index contributed by atoms with van der Waals surface area (Å²) in [5.74, 6) is -0.162. The monoisotopic (exact) mass is 278 g/mol. The van der Waals surface area contributed by atoms with Crippen LogP contribution in [0.25, 0.3) is 0 Å². The number of nitrogens with zero attached hydrogens (tertiary/aromatic N) is 1. The fraction of sp³-hybridized carbons (Fsp3) is 0.500. The van der Waals surface area contributed by atoms with Crippen LogP contribution in [-0.2, 0) is 0 Å². The summed E-state index contributed by atoms with van der Waals surface area (Å²) >= 11 is 0. The minimum atomic E-state index is -0.550. The van der Waals surface area contributed by atoms with Gasteiger partial charge in [-0.1, -0.05) is 18.9 Å². The second-order valence-electron chi connectivity index (χ2n) is 4.80. The van der Waals surface area contributed by atoms with Gasteiger partial charge in [0.05, 0.1) is 11.5 Å². The molecule has 2 rings (SSSR count). The SMILES string of the molecule is CCOc1cccc([N+](=O)[O-])c1C(=O)NC1CCCC1. The van der Waals surface area contributed by atoms with Crippen molar-refractivity contribution < 1.29 is 14.5 Å². The quantitative estimate of drug-likeness (QED) is 0.663. The Balaban J connectivity index is 2.30. The number of carbonyl (C=O) groups excluding carboxylic acids is 1. The van der Waals surface area contributed by atoms with Gasteiger partial charge in [0.1, 0.15) is 5.75 Å². The lowest BCUT2D eigenvalue weighted by molar-refractivity contribution is -0.385. The van der Waals surface area contributed by atoms with E-state index < -0.39 is 10.8 Å². The van der Waals surface area contributed by atoms with E-state index in [1.54, 1.807) is 13.0 Å². The van der Waals surface area contributed by atoms with Crippen LogP contribution in [0.15, 0.2) is 18.2 Å². The first-order chi connectivity index (χ1) is 9.63. The maximum absolute atomic E-state index is 12.3. The highest BCUT2D eigenvalue weighted by molar-refractivity contribution is 6.01. The van der Waals surface area contributed by atoms with E-state index in [4.69, 9.17) is 4.74 Å². The molecule has 1 aliphatic rings. The largest absolute Gasteiger partial charge is 0.493 e. The van der Waals surface area contributed by atoms with Crippen LogP contribution in [0.2, 0.25) is 0 Å². The van der Waals surface area contributed by atoms with Crippen molar-refractivity contribution in [3.63, 3.8) is 0 Å². The first-order valence-electron chi connectivity index (χ1n) is 6.84. The zero-order chi connectivity index (χ0) is 14.5. The van der Waals surface area contributed by atoms with Crippen LogP contribution >= 0.6 is 0 Å². The topological polar surface area (TPSA) is 81.5 Å². The molecule has 0 aliphatic heterocycles. The summed E-state index contributed by atoms with van der Waals surface area (Å²) in [5.41, 5.74) is -0.197. The third kappa shape index (κ3) is 3.07. The molecule has 20 heavy (non-hydrogen) atoms. The molecule has 0 atom stereocenters. The Hall–Kier alpha value is -2.11. The maximum Gasteiger partial charge on any atom is 0.285 e. The van der Waals surface area contributed by atoms with Gasteiger partial charge in [-0.05, 0) is 25.8 Å². The fourth-order valence-corrected chi connectivity index (χ4v) is 2.50. The average Bonchev–Trinajstić information content (AvgIpc) is 2.91. The highest BCUT2D eigenvalue weighted by Gasteiger charge is 2.27. The molecule has 1 aromatic rings. The molecule has 1 aromatic carbocycles. The summed E-state index contributed by atoms with van der Waals surface area (Å²) in [6, 6.07) is 4.54. The van der Waals surface area contributed by atoms with Gasteiger partial charge >= 0.3 is 0 Å². The zero-order valence-electron chi connectivity index (χ0n) is 11.4. The molecule has 1 fully saturated rings. The van der Waals surface area contributed by atoms with E-state index in [1.165, 1.54) is 12.1 Å². The van der Waals surface area contributed by atoms with E-state index in [9.17, 15) is 14.9 Å². The van der Waals surface area contributed by atoms with Crippen molar-refractivity contribution >= 4 is 11.6 Å². The first kappa shape index (κ1) is 14.3. The van der Waals surface area contributed by atoms with Crippen molar-refractivity contribution in [1.82, 2.24) is 5.32 Å². The molecule has 0 radical (unpaired) electrons. The Morgan fingerprint density at radius 3 is 2.75 bits per heavy atom. The lowest BCUT2D eigenvalue weighted by Gasteiger charge is -2.14. The molecule has 1 aliphatic carbocycles. The van der Waals surface area contributed by atoms with Crippen LogP contribution in [0.5, 0.6) is 5.75 Å². The minimum absolute atomic E-state index is 0.0197. The molecule has 1 amide bonds. The van der Waals surface area contributed by atoms with Crippen LogP contribution in [-0.4, -0.2) is 23.5 Å². The van der Waals surface area contributed by atoms with Crippen LogP contribution in [0, 0.1) is 10.1 Å². The molecule has 0 spiro atoms. The van der Waals surface area contributed by atoms with Crippen LogP contribution in [0.1, 0.15) is 43.0 Å². The molecular formula is C14H18N2O4. The molecule has 108 valence electrons. The van der Waals surface area contributed by atoms with Gasteiger partial charge in [0.25, 0.3) is 11.6 Å². The standard InChI is InChI=1S/C14H18N2O4/c1-2-20-12-9-5-8-11(16(18)19)13(12)14(17)15-10-6-3-4-7-10/h5,8-10H,2-4,6-7H2,1H3,(H,15,17). The number of hydrogen-bond acceptors (Lipinski definition) is 4. The summed E-state index contributed by atoms with van der Waals surface area (Å²) in [5, 5.41) is 14.0. The van der Waals surface area contributed by atoms with Crippen molar-refractivity contribution in [1.29, 1.82) is 0 Å². The smallest absolute Gasteiger partial charge is 0.285 e. The lowest BCUT2D eigenvalue weighted by Crippen LogP contribution is -2.33. The van der Waals surface area contributed by atoms with Gasteiger partial charge in [-0.3, -0.25) is 14.9 Å². The number of amides is 1. The van der Waals surface area contributed by atoms with Gasteiger partial charge in [-0.2, -0.15) is 0 Å². The molecule has 1 N–H and O–H groups in total. The van der Waals surface area contributed by atoms with E-state index in [0.29, 0.717) is 6.61 Å². The normalized spacial score (nSPS) is 15.1. The molecule has 0 heterocycles. The van der Waals surface area contributed by atoms with Gasteiger partial charge in [-0.15, -0.1) is 0 Å². The number of carbonyl (C=O) groups is 1. The third-order valence-corrected chi connectivity index (χ3v) is 3.42. The average molecular weight is 278 g/mol. The zero-order valence-corrected chi connectivity index (χ0v) is 11.4. The predicted octanol–water partition coefficient (Wildman–Crippen LogP) is 2.67. The van der Waals surface area contributed by atoms with Gasteiger partial charge in [0, 0.05) is 12.1 Å². The third-order valence-electron chi connectivity index (χ3n) is 3.42. The van der Waals surface area contributed by atoms with Crippen LogP contribution < -0.4 is 10.1 Å². The Morgan fingerprint density at radius 2 is 2.15 bits per heavy atom. The van der Waals surface area contributed by atoms with Gasteiger partial charge in [0.15, 0.2) is 5.56 Å². The second-order valence-corrected chi connectivity index (χ2v) is 4.80. The van der Waals surface area contributed by atoms with Gasteiger partial charge in [0.2, 0.25) is 0 Å². The highest BCUT2D eigenvalue weighted by Crippen LogP contribution is 2.29. The molecule has 0 saturated heterocycles. The van der Waals surface area contributed by atoms with Crippen LogP contribution in [0.4, 0.5) is 5.69 Å². The lowest BCUT2D eigenvalue weighted by atomic mass is 10.1. The molecule has 0 bridgehead atoms. The van der Waals surface area contributed by atoms with Gasteiger partial charge in [-0.25, -0.2) is 0 Å². The van der Waals surface area contributed by atoms with Crippen molar-refractivity contribution in [2.24, 2.45) is 0 Å². The van der Waals surface area contributed by atoms with Crippen molar-refractivity contribution in [3.8, 4) is 5.75 Å². The van der Waals surface area contributed by atoms with Crippen molar-refractivity contribution in [3.05, 3.63) is 33.9 Å². The Bertz CT molecular complexity index is 510. The Kier molecular flexibility index (Phi) is 4.55. The molecule has 6 nitrogen and oxygen atoms in total. The number of nitrogens with one attached hydrogen (secondary N) is 1. The molecular weight excluding hydrogens is 260 g/mol. The Morgan fingerprint density at radius 1 is 1.45 bits per heavy atom. The first-order valence-corrected chi connectivity index (χ1v) is 6.84. The Labute approximate surface area is 117 Å². The summed E-state index contributed by atoms with van der Waals surface area (Å²) in [6.07, 6.45) is 4.02. The predicted molar refractivity (Wildman–Crippen MR) is 74.0 cm³/mol. The summed E-state index contributed by atoms with van der Waals surface area (Å²) in [7, 11) is 0. The second kappa shape index (κ2) is 6.36. The minimum Gasteiger partial charge on any atom is -0.493 e. The maximum atomic E-state index is 12.3. The highest BCUT2D eigenvalue weighted by atomic mass is 16.6. The van der Waals surface area contributed by atoms with E-state index in [1.807, 2.05) is 0 Å². The summed E-state index contributed by atoms with van der Waals surface area (Å²) in [4.78, 5) is 22.9. The van der Waals surface area contributed by atoms with Crippen molar-refractivity contribution in [2.45, 2.75) is 38.6 Å². The number of nitro benzene ring substituents is 1.